The van der Waals surface area contributed by atoms with E-state index in [4.69, 9.17) is 0 Å². The molecule has 2 N–H and O–H groups in total. The Balaban J connectivity index is 2.20. The van der Waals surface area contributed by atoms with E-state index in [0.29, 0.717) is 19.5 Å². The number of nitrogens with zero attached hydrogens (tertiary/aromatic N) is 1. The highest BCUT2D eigenvalue weighted by molar-refractivity contribution is 5.85. The van der Waals surface area contributed by atoms with E-state index in [0.717, 1.165) is 12.8 Å². The van der Waals surface area contributed by atoms with Crippen molar-refractivity contribution in [2.75, 3.05) is 26.7 Å². The third-order valence-electron chi connectivity index (χ3n) is 2.71. The van der Waals surface area contributed by atoms with Gasteiger partial charge in [0.05, 0.1) is 6.54 Å². The van der Waals surface area contributed by atoms with E-state index in [1.165, 1.54) is 0 Å². The molecule has 6 nitrogen and oxygen atoms in total. The second kappa shape index (κ2) is 6.88. The minimum absolute atomic E-state index is 0.0395. The van der Waals surface area contributed by atoms with Gasteiger partial charge in [-0.05, 0) is 12.8 Å². The number of rotatable bonds is 5. The van der Waals surface area contributed by atoms with Crippen molar-refractivity contribution in [3.05, 3.63) is 0 Å². The monoisotopic (exact) mass is 241 g/mol. The SMILES string of the molecule is CNC(=O)CCNC(=O)CN1CCCCC1=O. The van der Waals surface area contributed by atoms with Crippen LogP contribution < -0.4 is 10.6 Å². The minimum atomic E-state index is -0.204. The van der Waals surface area contributed by atoms with Crippen molar-refractivity contribution in [3.63, 3.8) is 0 Å². The molecule has 17 heavy (non-hydrogen) atoms. The summed E-state index contributed by atoms with van der Waals surface area (Å²) in [5.74, 6) is -0.277. The van der Waals surface area contributed by atoms with Gasteiger partial charge in [0.1, 0.15) is 0 Å². The summed E-state index contributed by atoms with van der Waals surface area (Å²) in [6, 6.07) is 0. The number of amides is 3. The average molecular weight is 241 g/mol. The molecule has 96 valence electrons. The molecule has 0 saturated carbocycles. The van der Waals surface area contributed by atoms with Gasteiger partial charge in [-0.2, -0.15) is 0 Å². The second-order valence-electron chi connectivity index (χ2n) is 4.05. The van der Waals surface area contributed by atoms with E-state index in [2.05, 4.69) is 10.6 Å². The van der Waals surface area contributed by atoms with Gasteiger partial charge in [0.2, 0.25) is 17.7 Å². The molecular weight excluding hydrogens is 222 g/mol. The van der Waals surface area contributed by atoms with Gasteiger partial charge in [0, 0.05) is 33.0 Å². The van der Waals surface area contributed by atoms with Gasteiger partial charge in [-0.3, -0.25) is 14.4 Å². The Hall–Kier alpha value is -1.59. The second-order valence-corrected chi connectivity index (χ2v) is 4.05. The van der Waals surface area contributed by atoms with Gasteiger partial charge in [-0.15, -0.1) is 0 Å². The van der Waals surface area contributed by atoms with Crippen LogP contribution >= 0.6 is 0 Å². The van der Waals surface area contributed by atoms with Crippen molar-refractivity contribution in [1.82, 2.24) is 15.5 Å². The molecule has 0 spiro atoms. The lowest BCUT2D eigenvalue weighted by Gasteiger charge is -2.25. The van der Waals surface area contributed by atoms with Crippen LogP contribution in [0.15, 0.2) is 0 Å². The lowest BCUT2D eigenvalue weighted by atomic mass is 10.1. The number of carbonyl (C=O) groups excluding carboxylic acids is 3. The molecule has 1 aliphatic rings. The number of piperidine rings is 1. The highest BCUT2D eigenvalue weighted by Crippen LogP contribution is 2.09. The molecule has 3 amide bonds. The van der Waals surface area contributed by atoms with Crippen LogP contribution in [-0.2, 0) is 14.4 Å². The molecule has 6 heteroatoms. The number of nitrogens with one attached hydrogen (secondary N) is 2. The molecule has 0 bridgehead atoms. The summed E-state index contributed by atoms with van der Waals surface area (Å²) in [4.78, 5) is 35.4. The highest BCUT2D eigenvalue weighted by Gasteiger charge is 2.20. The zero-order valence-corrected chi connectivity index (χ0v) is 10.1. The maximum absolute atomic E-state index is 11.5. The fourth-order valence-electron chi connectivity index (χ4n) is 1.70. The topological polar surface area (TPSA) is 78.5 Å². The van der Waals surface area contributed by atoms with Crippen molar-refractivity contribution < 1.29 is 14.4 Å². The average Bonchev–Trinajstić information content (AvgIpc) is 2.32. The predicted octanol–water partition coefficient (Wildman–Crippen LogP) is -0.749. The third kappa shape index (κ3) is 4.84. The molecule has 1 saturated heterocycles. The summed E-state index contributed by atoms with van der Waals surface area (Å²) >= 11 is 0. The molecule has 1 aliphatic heterocycles. The summed E-state index contributed by atoms with van der Waals surface area (Å²) in [5.41, 5.74) is 0. The van der Waals surface area contributed by atoms with Gasteiger partial charge in [0.25, 0.3) is 0 Å². The normalized spacial score (nSPS) is 15.6. The first-order chi connectivity index (χ1) is 8.13. The number of hydrogen-bond donors (Lipinski definition) is 2. The lowest BCUT2D eigenvalue weighted by Crippen LogP contribution is -2.43. The Kier molecular flexibility index (Phi) is 5.45. The quantitative estimate of drug-likeness (QED) is 0.665. The van der Waals surface area contributed by atoms with Crippen molar-refractivity contribution in [2.45, 2.75) is 25.7 Å². The highest BCUT2D eigenvalue weighted by atomic mass is 16.2. The van der Waals surface area contributed by atoms with Gasteiger partial charge >= 0.3 is 0 Å². The van der Waals surface area contributed by atoms with Crippen LogP contribution in [0.2, 0.25) is 0 Å². The summed E-state index contributed by atoms with van der Waals surface area (Å²) in [7, 11) is 1.55. The fourth-order valence-corrected chi connectivity index (χ4v) is 1.70. The van der Waals surface area contributed by atoms with Crippen molar-refractivity contribution >= 4 is 17.7 Å². The van der Waals surface area contributed by atoms with Gasteiger partial charge in [0.15, 0.2) is 0 Å². The zero-order chi connectivity index (χ0) is 12.7. The van der Waals surface area contributed by atoms with Gasteiger partial charge < -0.3 is 15.5 Å². The first-order valence-corrected chi connectivity index (χ1v) is 5.88. The molecule has 1 heterocycles. The maximum atomic E-state index is 11.5. The van der Waals surface area contributed by atoms with Crippen molar-refractivity contribution in [1.29, 1.82) is 0 Å². The van der Waals surface area contributed by atoms with Crippen LogP contribution in [0, 0.1) is 0 Å². The Morgan fingerprint density at radius 2 is 2.06 bits per heavy atom. The summed E-state index contributed by atoms with van der Waals surface area (Å²) in [6.07, 6.45) is 2.66. The fraction of sp³-hybridized carbons (Fsp3) is 0.727. The van der Waals surface area contributed by atoms with E-state index in [1.54, 1.807) is 11.9 Å². The summed E-state index contributed by atoms with van der Waals surface area (Å²) in [5, 5.41) is 5.09. The van der Waals surface area contributed by atoms with Crippen molar-refractivity contribution in [3.8, 4) is 0 Å². The van der Waals surface area contributed by atoms with E-state index < -0.39 is 0 Å². The van der Waals surface area contributed by atoms with E-state index in [-0.39, 0.29) is 30.7 Å². The molecule has 1 fully saturated rings. The lowest BCUT2D eigenvalue weighted by molar-refractivity contribution is -0.137. The Bertz CT molecular complexity index is 304. The van der Waals surface area contributed by atoms with Crippen LogP contribution in [0.4, 0.5) is 0 Å². The van der Waals surface area contributed by atoms with Crippen LogP contribution in [-0.4, -0.2) is 49.3 Å². The van der Waals surface area contributed by atoms with Crippen LogP contribution in [0.1, 0.15) is 25.7 Å². The van der Waals surface area contributed by atoms with E-state index in [1.807, 2.05) is 0 Å². The molecule has 0 aromatic carbocycles. The third-order valence-corrected chi connectivity index (χ3v) is 2.71. The molecule has 0 aliphatic carbocycles. The predicted molar refractivity (Wildman–Crippen MR) is 62.1 cm³/mol. The molecule has 0 aromatic rings. The number of likely N-dealkylation sites (tertiary alicyclic amines) is 1. The number of carbonyl (C=O) groups is 3. The van der Waals surface area contributed by atoms with Crippen LogP contribution in [0.5, 0.6) is 0 Å². The van der Waals surface area contributed by atoms with Crippen molar-refractivity contribution in [2.24, 2.45) is 0 Å². The van der Waals surface area contributed by atoms with E-state index >= 15 is 0 Å². The molecule has 0 radical (unpaired) electrons. The minimum Gasteiger partial charge on any atom is -0.359 e. The molecule has 0 unspecified atom stereocenters. The summed E-state index contributed by atoms with van der Waals surface area (Å²) in [6.45, 7) is 1.06. The largest absolute Gasteiger partial charge is 0.359 e. The van der Waals surface area contributed by atoms with E-state index in [9.17, 15) is 14.4 Å². The van der Waals surface area contributed by atoms with Crippen LogP contribution in [0.3, 0.4) is 0 Å². The molecular formula is C11H19N3O3. The Morgan fingerprint density at radius 3 is 2.71 bits per heavy atom. The Morgan fingerprint density at radius 1 is 1.29 bits per heavy atom. The molecule has 0 atom stereocenters. The van der Waals surface area contributed by atoms with Gasteiger partial charge in [-0.25, -0.2) is 0 Å². The smallest absolute Gasteiger partial charge is 0.239 e. The number of hydrogen-bond acceptors (Lipinski definition) is 3. The Labute approximate surface area is 101 Å². The van der Waals surface area contributed by atoms with Crippen LogP contribution in [0.25, 0.3) is 0 Å². The first kappa shape index (κ1) is 13.5. The molecule has 1 rings (SSSR count). The van der Waals surface area contributed by atoms with Gasteiger partial charge in [-0.1, -0.05) is 0 Å². The summed E-state index contributed by atoms with van der Waals surface area (Å²) < 4.78 is 0. The zero-order valence-electron chi connectivity index (χ0n) is 10.1. The first-order valence-electron chi connectivity index (χ1n) is 5.88. The molecule has 0 aromatic heterocycles. The maximum Gasteiger partial charge on any atom is 0.239 e. The standard InChI is InChI=1S/C11H19N3O3/c1-12-9(15)5-6-13-10(16)8-14-7-3-2-4-11(14)17/h2-8H2,1H3,(H,12,15)(H,13,16).